The Labute approximate surface area is 178 Å². The number of hydrogen-bond donors (Lipinski definition) is 1. The predicted molar refractivity (Wildman–Crippen MR) is 121 cm³/mol. The first-order chi connectivity index (χ1) is 14.5. The number of rotatable bonds is 3. The van der Waals surface area contributed by atoms with Crippen LogP contribution in [0, 0.1) is 13.8 Å². The normalized spacial score (nSPS) is 19.0. The molecule has 0 radical (unpaired) electrons. The van der Waals surface area contributed by atoms with Crippen LogP contribution >= 0.6 is 0 Å². The molecule has 30 heavy (non-hydrogen) atoms. The average Bonchev–Trinajstić information content (AvgIpc) is 3.17. The number of aromatic amines is 1. The maximum atomic E-state index is 4.86. The van der Waals surface area contributed by atoms with Gasteiger partial charge in [0.15, 0.2) is 0 Å². The Morgan fingerprint density at radius 2 is 1.50 bits per heavy atom. The Kier molecular flexibility index (Phi) is 5.06. The Bertz CT molecular complexity index is 1030. The molecule has 1 aromatic carbocycles. The van der Waals surface area contributed by atoms with Crippen LogP contribution in [0.15, 0.2) is 24.3 Å². The molecule has 1 N–H and O–H groups in total. The van der Waals surface area contributed by atoms with Crippen molar-refractivity contribution in [3.8, 4) is 0 Å². The summed E-state index contributed by atoms with van der Waals surface area (Å²) >= 11 is 0. The highest BCUT2D eigenvalue weighted by molar-refractivity contribution is 5.75. The molecule has 7 nitrogen and oxygen atoms in total. The molecule has 0 saturated carbocycles. The van der Waals surface area contributed by atoms with Crippen molar-refractivity contribution in [3.63, 3.8) is 0 Å². The molecule has 3 aromatic rings. The lowest BCUT2D eigenvalue weighted by Gasteiger charge is -2.35. The van der Waals surface area contributed by atoms with E-state index < -0.39 is 0 Å². The van der Waals surface area contributed by atoms with E-state index in [-0.39, 0.29) is 0 Å². The van der Waals surface area contributed by atoms with E-state index in [1.807, 2.05) is 6.92 Å². The molecule has 0 atom stereocenters. The molecule has 0 amide bonds. The van der Waals surface area contributed by atoms with Crippen LogP contribution in [0.3, 0.4) is 0 Å². The first-order valence-corrected chi connectivity index (χ1v) is 11.1. The van der Waals surface area contributed by atoms with Gasteiger partial charge in [-0.3, -0.25) is 0 Å². The first-order valence-electron chi connectivity index (χ1n) is 11.1. The lowest BCUT2D eigenvalue weighted by atomic mass is 9.96. The number of H-pyrrole nitrogens is 1. The van der Waals surface area contributed by atoms with E-state index in [1.54, 1.807) is 0 Å². The third-order valence-corrected chi connectivity index (χ3v) is 6.50. The zero-order chi connectivity index (χ0) is 20.7. The quantitative estimate of drug-likeness (QED) is 0.722. The van der Waals surface area contributed by atoms with E-state index in [2.05, 4.69) is 57.9 Å². The summed E-state index contributed by atoms with van der Waals surface area (Å²) in [5, 5.41) is 0. The number of likely N-dealkylation sites (N-methyl/N-ethyl adjacent to an activating group) is 1. The molecule has 0 bridgehead atoms. The fourth-order valence-electron chi connectivity index (χ4n) is 4.61. The second kappa shape index (κ2) is 7.87. The number of nitrogens with one attached hydrogen (secondary N) is 1. The second-order valence-corrected chi connectivity index (χ2v) is 8.83. The van der Waals surface area contributed by atoms with Crippen LogP contribution in [-0.2, 0) is 0 Å². The van der Waals surface area contributed by atoms with Crippen molar-refractivity contribution in [2.75, 3.05) is 56.1 Å². The zero-order valence-corrected chi connectivity index (χ0v) is 18.2. The van der Waals surface area contributed by atoms with E-state index in [1.165, 1.54) is 5.56 Å². The minimum atomic E-state index is 0.481. The molecule has 2 aliphatic rings. The van der Waals surface area contributed by atoms with Crippen molar-refractivity contribution in [1.29, 1.82) is 0 Å². The molecule has 2 aromatic heterocycles. The summed E-state index contributed by atoms with van der Waals surface area (Å²) < 4.78 is 0. The minimum absolute atomic E-state index is 0.481. The monoisotopic (exact) mass is 405 g/mol. The fraction of sp³-hybridized carbons (Fsp3) is 0.522. The summed E-state index contributed by atoms with van der Waals surface area (Å²) in [5.41, 5.74) is 3.49. The number of aryl methyl sites for hydroxylation is 2. The largest absolute Gasteiger partial charge is 0.356 e. The van der Waals surface area contributed by atoms with Crippen molar-refractivity contribution >= 4 is 22.7 Å². The third-order valence-electron chi connectivity index (χ3n) is 6.50. The predicted octanol–water partition coefficient (Wildman–Crippen LogP) is 3.11. The Hall–Kier alpha value is -2.67. The highest BCUT2D eigenvalue weighted by Gasteiger charge is 2.25. The Morgan fingerprint density at radius 3 is 2.20 bits per heavy atom. The number of fused-ring (bicyclic) bond motifs is 1. The van der Waals surface area contributed by atoms with Crippen molar-refractivity contribution in [3.05, 3.63) is 41.5 Å². The van der Waals surface area contributed by atoms with Crippen molar-refractivity contribution in [1.82, 2.24) is 24.8 Å². The van der Waals surface area contributed by atoms with Crippen molar-refractivity contribution in [2.45, 2.75) is 32.6 Å². The van der Waals surface area contributed by atoms with Gasteiger partial charge in [-0.2, -0.15) is 0 Å². The molecule has 158 valence electrons. The molecule has 2 aliphatic heterocycles. The summed E-state index contributed by atoms with van der Waals surface area (Å²) in [6.07, 6.45) is 2.18. The van der Waals surface area contributed by atoms with Gasteiger partial charge in [-0.05, 0) is 51.4 Å². The topological polar surface area (TPSA) is 64.2 Å². The number of piperazine rings is 1. The van der Waals surface area contributed by atoms with Crippen LogP contribution in [0.25, 0.3) is 11.0 Å². The number of imidazole rings is 1. The Balaban J connectivity index is 1.29. The van der Waals surface area contributed by atoms with Gasteiger partial charge in [0.05, 0.1) is 11.0 Å². The maximum absolute atomic E-state index is 4.86. The van der Waals surface area contributed by atoms with E-state index in [0.717, 1.165) is 86.4 Å². The molecule has 0 spiro atoms. The van der Waals surface area contributed by atoms with Gasteiger partial charge in [0.1, 0.15) is 23.3 Å². The van der Waals surface area contributed by atoms with E-state index in [9.17, 15) is 0 Å². The number of aromatic nitrogens is 4. The van der Waals surface area contributed by atoms with Gasteiger partial charge in [0.2, 0.25) is 0 Å². The van der Waals surface area contributed by atoms with Gasteiger partial charge in [-0.15, -0.1) is 0 Å². The van der Waals surface area contributed by atoms with Crippen LogP contribution in [0.5, 0.6) is 0 Å². The lowest BCUT2D eigenvalue weighted by molar-refractivity contribution is 0.312. The molecule has 0 aliphatic carbocycles. The highest BCUT2D eigenvalue weighted by atomic mass is 15.3. The smallest absolute Gasteiger partial charge is 0.134 e. The number of piperidine rings is 1. The molecule has 5 rings (SSSR count). The summed E-state index contributed by atoms with van der Waals surface area (Å²) in [6.45, 7) is 10.4. The van der Waals surface area contributed by atoms with E-state index >= 15 is 0 Å². The van der Waals surface area contributed by atoms with Gasteiger partial charge in [0, 0.05) is 51.3 Å². The lowest BCUT2D eigenvalue weighted by Crippen LogP contribution is -2.45. The van der Waals surface area contributed by atoms with Crippen LogP contribution in [0.4, 0.5) is 11.6 Å². The number of nitrogens with zero attached hydrogens (tertiary/aromatic N) is 6. The molecule has 2 saturated heterocycles. The zero-order valence-electron chi connectivity index (χ0n) is 18.2. The first kappa shape index (κ1) is 19.3. The molecular weight excluding hydrogens is 374 g/mol. The molecule has 2 fully saturated rings. The molecule has 0 unspecified atom stereocenters. The summed E-state index contributed by atoms with van der Waals surface area (Å²) in [6, 6.07) is 8.61. The summed E-state index contributed by atoms with van der Waals surface area (Å²) in [7, 11) is 2.18. The van der Waals surface area contributed by atoms with Crippen LogP contribution in [-0.4, -0.2) is 71.2 Å². The molecular formula is C23H31N7. The second-order valence-electron chi connectivity index (χ2n) is 8.83. The van der Waals surface area contributed by atoms with Gasteiger partial charge in [-0.1, -0.05) is 6.07 Å². The van der Waals surface area contributed by atoms with E-state index in [0.29, 0.717) is 5.92 Å². The van der Waals surface area contributed by atoms with Crippen LogP contribution < -0.4 is 9.80 Å². The SMILES string of the molecule is Cc1ccc2nc(C3CCN(c4cc(N5CCN(C)CC5)nc(C)n4)CC3)[nH]c2c1. The van der Waals surface area contributed by atoms with Gasteiger partial charge in [0.25, 0.3) is 0 Å². The van der Waals surface area contributed by atoms with Crippen LogP contribution in [0.2, 0.25) is 0 Å². The number of benzene rings is 1. The molecule has 4 heterocycles. The minimum Gasteiger partial charge on any atom is -0.356 e. The highest BCUT2D eigenvalue weighted by Crippen LogP contribution is 2.31. The van der Waals surface area contributed by atoms with Gasteiger partial charge in [-0.25, -0.2) is 15.0 Å². The number of hydrogen-bond acceptors (Lipinski definition) is 6. The Morgan fingerprint density at radius 1 is 0.833 bits per heavy atom. The van der Waals surface area contributed by atoms with Gasteiger partial charge < -0.3 is 19.7 Å². The van der Waals surface area contributed by atoms with Crippen molar-refractivity contribution < 1.29 is 0 Å². The fourth-order valence-corrected chi connectivity index (χ4v) is 4.61. The third kappa shape index (κ3) is 3.86. The molecule has 7 heteroatoms. The summed E-state index contributed by atoms with van der Waals surface area (Å²) in [5.74, 6) is 4.60. The average molecular weight is 406 g/mol. The van der Waals surface area contributed by atoms with Gasteiger partial charge >= 0.3 is 0 Å². The summed E-state index contributed by atoms with van der Waals surface area (Å²) in [4.78, 5) is 25.1. The number of anilines is 2. The standard InChI is InChI=1S/C23H31N7/c1-16-4-5-19-20(14-16)27-23(26-19)18-6-8-29(9-7-18)21-15-22(25-17(2)24-21)30-12-10-28(3)11-13-30/h4-5,14-15,18H,6-13H2,1-3H3,(H,26,27). The maximum Gasteiger partial charge on any atom is 0.134 e. The van der Waals surface area contributed by atoms with Crippen LogP contribution in [0.1, 0.15) is 36.0 Å². The van der Waals surface area contributed by atoms with Crippen molar-refractivity contribution in [2.24, 2.45) is 0 Å². The van der Waals surface area contributed by atoms with E-state index in [4.69, 9.17) is 15.0 Å².